The van der Waals surface area contributed by atoms with Crippen molar-refractivity contribution < 1.29 is 19.1 Å². The number of ether oxygens (including phenoxy) is 2. The van der Waals surface area contributed by atoms with Crippen LogP contribution in [-0.4, -0.2) is 55.3 Å². The third-order valence-electron chi connectivity index (χ3n) is 6.15. The van der Waals surface area contributed by atoms with E-state index >= 15 is 0 Å². The minimum Gasteiger partial charge on any atom is -0.494 e. The molecule has 2 aromatic rings. The fraction of sp³-hybridized carbons (Fsp3) is 0.500. The Morgan fingerprint density at radius 2 is 1.89 bits per heavy atom. The van der Waals surface area contributed by atoms with Gasteiger partial charge in [0.25, 0.3) is 5.91 Å². The van der Waals surface area contributed by atoms with Crippen LogP contribution in [0.1, 0.15) is 62.9 Å². The van der Waals surface area contributed by atoms with Crippen LogP contribution < -0.4 is 15.0 Å². The SMILES string of the molecule is CCCCOc1ccc(C(=O)Nc2cc(C)c(N3CCC(N(C)C(=O)OC(C)(C)C)C3)cc2Cl)cc1. The number of carbonyl (C=O) groups is 2. The Labute approximate surface area is 219 Å². The summed E-state index contributed by atoms with van der Waals surface area (Å²) in [6.07, 6.45) is 2.58. The molecule has 0 aromatic heterocycles. The van der Waals surface area contributed by atoms with Gasteiger partial charge in [0.15, 0.2) is 0 Å². The molecule has 1 saturated heterocycles. The second-order valence-corrected chi connectivity index (χ2v) is 10.7. The van der Waals surface area contributed by atoms with Crippen molar-refractivity contribution in [3.63, 3.8) is 0 Å². The molecule has 2 amide bonds. The van der Waals surface area contributed by atoms with Gasteiger partial charge < -0.3 is 24.6 Å². The topological polar surface area (TPSA) is 71.1 Å². The van der Waals surface area contributed by atoms with Crippen LogP contribution in [0.2, 0.25) is 5.02 Å². The molecule has 0 radical (unpaired) electrons. The molecule has 0 bridgehead atoms. The normalized spacial score (nSPS) is 15.5. The Hall–Kier alpha value is -2.93. The fourth-order valence-corrected chi connectivity index (χ4v) is 4.30. The van der Waals surface area contributed by atoms with Crippen molar-refractivity contribution in [2.75, 3.05) is 37.0 Å². The number of amides is 2. The maximum atomic E-state index is 12.8. The van der Waals surface area contributed by atoms with Crippen LogP contribution in [-0.2, 0) is 4.74 Å². The number of carbonyl (C=O) groups excluding carboxylic acids is 2. The third-order valence-corrected chi connectivity index (χ3v) is 6.46. The van der Waals surface area contributed by atoms with Gasteiger partial charge in [0.1, 0.15) is 11.4 Å². The van der Waals surface area contributed by atoms with E-state index in [1.807, 2.05) is 39.8 Å². The second kappa shape index (κ2) is 11.9. The smallest absolute Gasteiger partial charge is 0.410 e. The van der Waals surface area contributed by atoms with E-state index in [9.17, 15) is 9.59 Å². The van der Waals surface area contributed by atoms with E-state index in [0.717, 1.165) is 42.8 Å². The van der Waals surface area contributed by atoms with Crippen molar-refractivity contribution >= 4 is 35.0 Å². The predicted octanol–water partition coefficient (Wildman–Crippen LogP) is 6.53. The maximum absolute atomic E-state index is 12.8. The molecule has 0 spiro atoms. The summed E-state index contributed by atoms with van der Waals surface area (Å²) in [7, 11) is 1.78. The number of nitrogens with zero attached hydrogens (tertiary/aromatic N) is 2. The first kappa shape index (κ1) is 27.7. The summed E-state index contributed by atoms with van der Waals surface area (Å²) in [6.45, 7) is 11.9. The minimum absolute atomic E-state index is 0.0475. The highest BCUT2D eigenvalue weighted by atomic mass is 35.5. The highest BCUT2D eigenvalue weighted by molar-refractivity contribution is 6.34. The number of benzene rings is 2. The fourth-order valence-electron chi connectivity index (χ4n) is 4.10. The van der Waals surface area contributed by atoms with E-state index in [0.29, 0.717) is 29.4 Å². The lowest BCUT2D eigenvalue weighted by molar-refractivity contribution is 0.0237. The zero-order chi connectivity index (χ0) is 26.5. The molecule has 0 saturated carbocycles. The first-order chi connectivity index (χ1) is 17.0. The Morgan fingerprint density at radius 1 is 1.19 bits per heavy atom. The molecule has 7 nitrogen and oxygen atoms in total. The molecule has 196 valence electrons. The number of halogens is 1. The van der Waals surface area contributed by atoms with Crippen molar-refractivity contribution in [1.29, 1.82) is 0 Å². The van der Waals surface area contributed by atoms with E-state index in [4.69, 9.17) is 21.1 Å². The molecule has 1 aliphatic heterocycles. The average Bonchev–Trinajstić information content (AvgIpc) is 3.30. The molecule has 1 aliphatic rings. The molecule has 2 aromatic carbocycles. The number of likely N-dealkylation sites (N-methyl/N-ethyl adjacent to an activating group) is 1. The molecule has 1 fully saturated rings. The number of hydrogen-bond acceptors (Lipinski definition) is 5. The largest absolute Gasteiger partial charge is 0.494 e. The van der Waals surface area contributed by atoms with Crippen molar-refractivity contribution in [3.05, 3.63) is 52.5 Å². The molecule has 36 heavy (non-hydrogen) atoms. The first-order valence-electron chi connectivity index (χ1n) is 12.5. The molecule has 1 unspecified atom stereocenters. The summed E-state index contributed by atoms with van der Waals surface area (Å²) >= 11 is 6.58. The van der Waals surface area contributed by atoms with Crippen LogP contribution in [0, 0.1) is 6.92 Å². The van der Waals surface area contributed by atoms with Crippen LogP contribution in [0.25, 0.3) is 0 Å². The van der Waals surface area contributed by atoms with Gasteiger partial charge in [-0.2, -0.15) is 0 Å². The van der Waals surface area contributed by atoms with Crippen LogP contribution in [0.3, 0.4) is 0 Å². The van der Waals surface area contributed by atoms with Crippen LogP contribution in [0.5, 0.6) is 5.75 Å². The molecule has 1 atom stereocenters. The monoisotopic (exact) mass is 515 g/mol. The molecule has 3 rings (SSSR count). The summed E-state index contributed by atoms with van der Waals surface area (Å²) in [5.41, 5.74) is 2.55. The van der Waals surface area contributed by atoms with Gasteiger partial charge in [-0.15, -0.1) is 0 Å². The van der Waals surface area contributed by atoms with E-state index in [1.165, 1.54) is 0 Å². The van der Waals surface area contributed by atoms with Gasteiger partial charge in [0.2, 0.25) is 0 Å². The summed E-state index contributed by atoms with van der Waals surface area (Å²) < 4.78 is 11.2. The summed E-state index contributed by atoms with van der Waals surface area (Å²) in [5.74, 6) is 0.517. The van der Waals surface area contributed by atoms with Gasteiger partial charge in [-0.3, -0.25) is 4.79 Å². The van der Waals surface area contributed by atoms with Crippen molar-refractivity contribution in [2.45, 2.75) is 65.5 Å². The molecular formula is C28H38ClN3O4. The van der Waals surface area contributed by atoms with E-state index in [-0.39, 0.29) is 18.0 Å². The van der Waals surface area contributed by atoms with E-state index in [2.05, 4.69) is 17.1 Å². The zero-order valence-electron chi connectivity index (χ0n) is 22.2. The zero-order valence-corrected chi connectivity index (χ0v) is 22.9. The quantitative estimate of drug-likeness (QED) is 0.405. The van der Waals surface area contributed by atoms with Gasteiger partial charge >= 0.3 is 6.09 Å². The summed E-state index contributed by atoms with van der Waals surface area (Å²) in [5, 5.41) is 3.39. The molecule has 8 heteroatoms. The van der Waals surface area contributed by atoms with Crippen LogP contribution >= 0.6 is 11.6 Å². The van der Waals surface area contributed by atoms with Crippen molar-refractivity contribution in [3.8, 4) is 5.75 Å². The lowest BCUT2D eigenvalue weighted by Gasteiger charge is -2.29. The predicted molar refractivity (Wildman–Crippen MR) is 146 cm³/mol. The number of hydrogen-bond donors (Lipinski definition) is 1. The van der Waals surface area contributed by atoms with Crippen molar-refractivity contribution in [2.24, 2.45) is 0 Å². The number of rotatable bonds is 8. The van der Waals surface area contributed by atoms with Crippen molar-refractivity contribution in [1.82, 2.24) is 4.90 Å². The summed E-state index contributed by atoms with van der Waals surface area (Å²) in [4.78, 5) is 29.2. The van der Waals surface area contributed by atoms with Gasteiger partial charge in [-0.05, 0) is 82.5 Å². The van der Waals surface area contributed by atoms with E-state index < -0.39 is 5.60 Å². The Balaban J connectivity index is 1.63. The second-order valence-electron chi connectivity index (χ2n) is 10.3. The minimum atomic E-state index is -0.529. The number of anilines is 2. The van der Waals surface area contributed by atoms with Gasteiger partial charge in [-0.25, -0.2) is 4.79 Å². The number of unbranched alkanes of at least 4 members (excludes halogenated alkanes) is 1. The van der Waals surface area contributed by atoms with Gasteiger partial charge in [0, 0.05) is 31.4 Å². The Morgan fingerprint density at radius 3 is 2.53 bits per heavy atom. The number of nitrogens with one attached hydrogen (secondary N) is 1. The third kappa shape index (κ3) is 7.29. The maximum Gasteiger partial charge on any atom is 0.410 e. The van der Waals surface area contributed by atoms with Crippen LogP contribution in [0.4, 0.5) is 16.2 Å². The molecular weight excluding hydrogens is 478 g/mol. The lowest BCUT2D eigenvalue weighted by atomic mass is 10.1. The lowest BCUT2D eigenvalue weighted by Crippen LogP contribution is -2.42. The van der Waals surface area contributed by atoms with Crippen LogP contribution in [0.15, 0.2) is 36.4 Å². The highest BCUT2D eigenvalue weighted by Crippen LogP contribution is 2.34. The molecule has 1 heterocycles. The Kier molecular flexibility index (Phi) is 9.12. The summed E-state index contributed by atoms with van der Waals surface area (Å²) in [6, 6.07) is 10.9. The number of aryl methyl sites for hydroxylation is 1. The highest BCUT2D eigenvalue weighted by Gasteiger charge is 2.31. The molecule has 0 aliphatic carbocycles. The van der Waals surface area contributed by atoms with Gasteiger partial charge in [0.05, 0.1) is 23.4 Å². The standard InChI is InChI=1S/C28H38ClN3O4/c1-7-8-15-35-22-11-9-20(10-12-22)26(33)30-24-16-19(2)25(17-23(24)29)32-14-13-21(18-32)31(6)27(34)36-28(3,4)5/h9-12,16-17,21H,7-8,13-15,18H2,1-6H3,(H,30,33). The van der Waals surface area contributed by atoms with E-state index in [1.54, 1.807) is 36.2 Å². The Bertz CT molecular complexity index is 1070. The molecule has 1 N–H and O–H groups in total. The van der Waals surface area contributed by atoms with Gasteiger partial charge in [-0.1, -0.05) is 24.9 Å². The first-order valence-corrected chi connectivity index (χ1v) is 12.9. The average molecular weight is 516 g/mol.